The van der Waals surface area contributed by atoms with Gasteiger partial charge in [-0.05, 0) is 54.7 Å². The Morgan fingerprint density at radius 2 is 1.85 bits per heavy atom. The summed E-state index contributed by atoms with van der Waals surface area (Å²) >= 11 is 6.20. The Balaban J connectivity index is 0.00000576. The molecule has 0 saturated carbocycles. The third kappa shape index (κ3) is 9.99. The predicted molar refractivity (Wildman–Crippen MR) is 174 cm³/mol. The zero-order valence-corrected chi connectivity index (χ0v) is 27.9. The first-order chi connectivity index (χ1) is 21.3. The van der Waals surface area contributed by atoms with E-state index in [0.29, 0.717) is 37.9 Å². The van der Waals surface area contributed by atoms with Gasteiger partial charge < -0.3 is 20.7 Å². The number of aromatic nitrogens is 1. The van der Waals surface area contributed by atoms with E-state index in [0.717, 1.165) is 43.8 Å². The number of unbranched alkanes of at least 4 members (excludes halogenated alkanes) is 1. The van der Waals surface area contributed by atoms with Crippen molar-refractivity contribution in [3.05, 3.63) is 76.4 Å². The number of urea groups is 1. The molecule has 1 aliphatic rings. The summed E-state index contributed by atoms with van der Waals surface area (Å²) in [6, 6.07) is 9.04. The van der Waals surface area contributed by atoms with Crippen molar-refractivity contribution < 1.29 is 31.5 Å². The fraction of sp³-hybridized carbons (Fsp3) is 0.387. The van der Waals surface area contributed by atoms with Gasteiger partial charge in [-0.15, -0.1) is 12.4 Å². The lowest BCUT2D eigenvalue weighted by atomic mass is 10.0. The molecule has 0 aliphatic carbocycles. The molecule has 0 bridgehead atoms. The van der Waals surface area contributed by atoms with E-state index in [9.17, 15) is 26.8 Å². The number of pyridine rings is 1. The molecule has 0 spiro atoms. The number of piperidine rings is 1. The van der Waals surface area contributed by atoms with Crippen LogP contribution in [0.25, 0.3) is 0 Å². The highest BCUT2D eigenvalue weighted by molar-refractivity contribution is 7.90. The Bertz CT molecular complexity index is 1640. The quantitative estimate of drug-likeness (QED) is 0.238. The van der Waals surface area contributed by atoms with Gasteiger partial charge in [-0.3, -0.25) is 9.69 Å². The number of benzene rings is 2. The number of hydrogen-bond acceptors (Lipinski definition) is 7. The predicted octanol–water partition coefficient (Wildman–Crippen LogP) is 5.96. The van der Waals surface area contributed by atoms with Gasteiger partial charge in [0, 0.05) is 56.8 Å². The van der Waals surface area contributed by atoms with Crippen molar-refractivity contribution in [1.29, 1.82) is 0 Å². The van der Waals surface area contributed by atoms with Crippen molar-refractivity contribution in [3.63, 3.8) is 0 Å². The molecular weight excluding hydrogens is 663 g/mol. The molecule has 15 heteroatoms. The molecule has 0 unspecified atom stereocenters. The number of primary amides is 1. The molecule has 10 nitrogen and oxygen atoms in total. The molecule has 1 aliphatic heterocycles. The van der Waals surface area contributed by atoms with E-state index in [-0.39, 0.29) is 45.4 Å². The lowest BCUT2D eigenvalue weighted by Crippen LogP contribution is -2.49. The molecule has 0 atom stereocenters. The largest absolute Gasteiger partial charge is 0.437 e. The number of ether oxygens (including phenoxy) is 1. The van der Waals surface area contributed by atoms with Gasteiger partial charge in [-0.25, -0.2) is 27.0 Å². The number of anilines is 1. The van der Waals surface area contributed by atoms with E-state index in [1.54, 1.807) is 17.2 Å². The number of carbonyl (C=O) groups excluding carboxylic acids is 2. The van der Waals surface area contributed by atoms with Crippen molar-refractivity contribution in [2.45, 2.75) is 56.5 Å². The number of amides is 3. The third-order valence-corrected chi connectivity index (χ3v) is 8.91. The highest BCUT2D eigenvalue weighted by Crippen LogP contribution is 2.31. The molecule has 3 N–H and O–H groups in total. The van der Waals surface area contributed by atoms with Crippen LogP contribution in [0.15, 0.2) is 53.6 Å². The van der Waals surface area contributed by atoms with E-state index in [1.807, 2.05) is 13.0 Å². The van der Waals surface area contributed by atoms with Gasteiger partial charge in [0.25, 0.3) is 0 Å². The zero-order valence-electron chi connectivity index (χ0n) is 25.5. The van der Waals surface area contributed by atoms with Gasteiger partial charge in [0.15, 0.2) is 9.84 Å². The monoisotopic (exact) mass is 699 g/mol. The average molecular weight is 701 g/mol. The maximum atomic E-state index is 14.5. The molecule has 46 heavy (non-hydrogen) atoms. The SMILES string of the molecule is CCCCN(C(=O)Nc1cc(CC(N)=O)c(F)cc1F)C1CCN(Cc2ccc(Oc3ccc(S(C)(=O)=O)cc3Cl)nc2)CC1.Cl. The molecule has 0 radical (unpaired) electrons. The molecule has 2 aromatic carbocycles. The highest BCUT2D eigenvalue weighted by Gasteiger charge is 2.28. The Hall–Kier alpha value is -3.52. The Kier molecular flexibility index (Phi) is 13.1. The summed E-state index contributed by atoms with van der Waals surface area (Å²) in [7, 11) is -3.39. The van der Waals surface area contributed by atoms with Crippen LogP contribution in [0.3, 0.4) is 0 Å². The summed E-state index contributed by atoms with van der Waals surface area (Å²) in [6.45, 7) is 4.57. The van der Waals surface area contributed by atoms with Gasteiger partial charge in [-0.2, -0.15) is 0 Å². The second-order valence-corrected chi connectivity index (χ2v) is 13.4. The minimum absolute atomic E-state index is 0. The molecule has 1 saturated heterocycles. The van der Waals surface area contributed by atoms with Gasteiger partial charge >= 0.3 is 6.03 Å². The number of hydrogen-bond donors (Lipinski definition) is 2. The zero-order chi connectivity index (χ0) is 32.7. The standard InChI is InChI=1S/C31H36ClF2N5O5S.ClH/c1-3-4-11-39(31(41)37-27-14-21(15-29(35)40)25(33)17-26(27)34)22-9-12-38(13-10-22)19-20-5-8-30(36-18-20)44-28-7-6-23(16-24(28)32)45(2,42)43;/h5-8,14,16-18,22H,3-4,9-13,15,19H2,1-2H3,(H2,35,40)(H,37,41);1H. The van der Waals surface area contributed by atoms with Crippen LogP contribution in [0.1, 0.15) is 43.7 Å². The molecule has 1 fully saturated rings. The van der Waals surface area contributed by atoms with Crippen LogP contribution in [0.2, 0.25) is 5.02 Å². The first kappa shape index (κ1) is 36.9. The maximum absolute atomic E-state index is 14.5. The van der Waals surface area contributed by atoms with E-state index < -0.39 is 39.8 Å². The molecule has 3 amide bonds. The fourth-order valence-corrected chi connectivity index (χ4v) is 6.03. The lowest BCUT2D eigenvalue weighted by Gasteiger charge is -2.38. The van der Waals surface area contributed by atoms with Crippen LogP contribution in [0.4, 0.5) is 19.3 Å². The van der Waals surface area contributed by atoms with Gasteiger partial charge in [0.2, 0.25) is 11.8 Å². The molecule has 3 aromatic rings. The van der Waals surface area contributed by atoms with E-state index >= 15 is 0 Å². The third-order valence-electron chi connectivity index (χ3n) is 7.50. The van der Waals surface area contributed by atoms with Crippen molar-refractivity contribution in [1.82, 2.24) is 14.8 Å². The van der Waals surface area contributed by atoms with Gasteiger partial charge in [0.05, 0.1) is 22.0 Å². The molecule has 250 valence electrons. The van der Waals surface area contributed by atoms with Crippen molar-refractivity contribution in [2.24, 2.45) is 5.73 Å². The summed E-state index contributed by atoms with van der Waals surface area (Å²) in [5, 5.41) is 2.72. The summed E-state index contributed by atoms with van der Waals surface area (Å²) in [4.78, 5) is 33.0. The maximum Gasteiger partial charge on any atom is 0.322 e. The van der Waals surface area contributed by atoms with Gasteiger partial charge in [0.1, 0.15) is 17.4 Å². The van der Waals surface area contributed by atoms with E-state index in [1.165, 1.54) is 18.2 Å². The first-order valence-electron chi connectivity index (χ1n) is 14.5. The highest BCUT2D eigenvalue weighted by atomic mass is 35.5. The van der Waals surface area contributed by atoms with Crippen LogP contribution >= 0.6 is 24.0 Å². The number of likely N-dealkylation sites (tertiary alicyclic amines) is 1. The molecular formula is C31H37Cl2F2N5O5S. The average Bonchev–Trinajstić information content (AvgIpc) is 2.98. The Morgan fingerprint density at radius 3 is 2.43 bits per heavy atom. The van der Waals surface area contributed by atoms with Crippen LogP contribution in [0.5, 0.6) is 11.6 Å². The topological polar surface area (TPSA) is 135 Å². The lowest BCUT2D eigenvalue weighted by molar-refractivity contribution is -0.117. The number of nitrogens with one attached hydrogen (secondary N) is 1. The molecule has 1 aromatic heterocycles. The summed E-state index contributed by atoms with van der Waals surface area (Å²) < 4.78 is 57.8. The van der Waals surface area contributed by atoms with E-state index in [2.05, 4.69) is 15.2 Å². The van der Waals surface area contributed by atoms with E-state index in [4.69, 9.17) is 22.1 Å². The summed E-state index contributed by atoms with van der Waals surface area (Å²) in [5.74, 6) is -2.00. The smallest absolute Gasteiger partial charge is 0.322 e. The second-order valence-electron chi connectivity index (χ2n) is 11.0. The van der Waals surface area contributed by atoms with Crippen LogP contribution in [0, 0.1) is 11.6 Å². The second kappa shape index (κ2) is 16.3. The Labute approximate surface area is 278 Å². The number of halogens is 4. The van der Waals surface area contributed by atoms with Gasteiger partial charge in [-0.1, -0.05) is 31.0 Å². The van der Waals surface area contributed by atoms with Crippen LogP contribution in [-0.4, -0.2) is 67.1 Å². The Morgan fingerprint density at radius 1 is 1.13 bits per heavy atom. The number of sulfone groups is 1. The van der Waals surface area contributed by atoms with Crippen molar-refractivity contribution >= 4 is 51.5 Å². The van der Waals surface area contributed by atoms with Crippen LogP contribution < -0.4 is 15.8 Å². The number of rotatable bonds is 12. The summed E-state index contributed by atoms with van der Waals surface area (Å²) in [5.41, 5.74) is 5.83. The minimum Gasteiger partial charge on any atom is -0.437 e. The number of nitrogens with zero attached hydrogens (tertiary/aromatic N) is 3. The number of carbonyl (C=O) groups is 2. The van der Waals surface area contributed by atoms with Crippen molar-refractivity contribution in [2.75, 3.05) is 31.2 Å². The summed E-state index contributed by atoms with van der Waals surface area (Å²) in [6.07, 6.45) is 5.42. The van der Waals surface area contributed by atoms with Crippen molar-refractivity contribution in [3.8, 4) is 11.6 Å². The van der Waals surface area contributed by atoms with Crippen LogP contribution in [-0.2, 0) is 27.6 Å². The molecule has 4 rings (SSSR count). The minimum atomic E-state index is -3.39. The normalized spacial score (nSPS) is 13.9. The number of nitrogens with two attached hydrogens (primary N) is 1. The fourth-order valence-electron chi connectivity index (χ4n) is 5.10. The first-order valence-corrected chi connectivity index (χ1v) is 16.8. The molecule has 2 heterocycles.